The summed E-state index contributed by atoms with van der Waals surface area (Å²) in [5.41, 5.74) is 1.84. The second kappa shape index (κ2) is 8.37. The van der Waals surface area contributed by atoms with Gasteiger partial charge in [0.05, 0.1) is 10.6 Å². The van der Waals surface area contributed by atoms with Crippen LogP contribution in [0.25, 0.3) is 0 Å². The summed E-state index contributed by atoms with van der Waals surface area (Å²) < 4.78 is 0. The van der Waals surface area contributed by atoms with Gasteiger partial charge in [0.1, 0.15) is 6.04 Å². The summed E-state index contributed by atoms with van der Waals surface area (Å²) in [6.45, 7) is 5.60. The SMILES string of the molecule is Cc1ccc(Cl)cc1NC(=O)[C@@H](NC(=O)c1ccccc1Cl)C(C)C. The van der Waals surface area contributed by atoms with Crippen LogP contribution in [0.3, 0.4) is 0 Å². The molecule has 2 amide bonds. The van der Waals surface area contributed by atoms with Gasteiger partial charge < -0.3 is 10.6 Å². The van der Waals surface area contributed by atoms with Crippen LogP contribution in [0.4, 0.5) is 5.69 Å². The third-order valence-electron chi connectivity index (χ3n) is 3.81. The Morgan fingerprint density at radius 3 is 2.36 bits per heavy atom. The van der Waals surface area contributed by atoms with Gasteiger partial charge in [-0.1, -0.05) is 55.2 Å². The van der Waals surface area contributed by atoms with Crippen molar-refractivity contribution in [1.29, 1.82) is 0 Å². The number of anilines is 1. The summed E-state index contributed by atoms with van der Waals surface area (Å²) in [5, 5.41) is 6.46. The lowest BCUT2D eigenvalue weighted by Gasteiger charge is -2.22. The molecule has 132 valence electrons. The molecule has 0 spiro atoms. The number of nitrogens with one attached hydrogen (secondary N) is 2. The summed E-state index contributed by atoms with van der Waals surface area (Å²) >= 11 is 12.0. The molecule has 6 heteroatoms. The van der Waals surface area contributed by atoms with E-state index in [4.69, 9.17) is 23.2 Å². The monoisotopic (exact) mass is 378 g/mol. The van der Waals surface area contributed by atoms with E-state index in [0.717, 1.165) is 5.56 Å². The third kappa shape index (κ3) is 4.97. The highest BCUT2D eigenvalue weighted by molar-refractivity contribution is 6.34. The van der Waals surface area contributed by atoms with E-state index < -0.39 is 6.04 Å². The molecule has 0 aliphatic rings. The summed E-state index contributed by atoms with van der Waals surface area (Å²) in [6, 6.07) is 11.3. The molecule has 0 saturated carbocycles. The van der Waals surface area contributed by atoms with Gasteiger partial charge in [0, 0.05) is 10.7 Å². The van der Waals surface area contributed by atoms with Crippen LogP contribution in [0, 0.1) is 12.8 Å². The molecule has 1 atom stereocenters. The van der Waals surface area contributed by atoms with Crippen LogP contribution in [-0.4, -0.2) is 17.9 Å². The molecule has 0 aromatic heterocycles. The highest BCUT2D eigenvalue weighted by Crippen LogP contribution is 2.21. The first-order valence-electron chi connectivity index (χ1n) is 7.92. The van der Waals surface area contributed by atoms with E-state index in [0.29, 0.717) is 21.3 Å². The molecule has 0 aliphatic heterocycles. The Kier molecular flexibility index (Phi) is 6.45. The number of hydrogen-bond donors (Lipinski definition) is 2. The van der Waals surface area contributed by atoms with E-state index in [-0.39, 0.29) is 17.7 Å². The van der Waals surface area contributed by atoms with E-state index in [2.05, 4.69) is 10.6 Å². The molecule has 2 aromatic carbocycles. The van der Waals surface area contributed by atoms with Crippen LogP contribution in [0.1, 0.15) is 29.8 Å². The minimum atomic E-state index is -0.706. The second-order valence-electron chi connectivity index (χ2n) is 6.12. The molecular weight excluding hydrogens is 359 g/mol. The molecule has 2 rings (SSSR count). The molecule has 0 aliphatic carbocycles. The number of halogens is 2. The predicted molar refractivity (Wildman–Crippen MR) is 102 cm³/mol. The van der Waals surface area contributed by atoms with Crippen LogP contribution in [0.15, 0.2) is 42.5 Å². The van der Waals surface area contributed by atoms with Gasteiger partial charge in [-0.3, -0.25) is 9.59 Å². The molecule has 25 heavy (non-hydrogen) atoms. The van der Waals surface area contributed by atoms with Crippen molar-refractivity contribution in [3.8, 4) is 0 Å². The topological polar surface area (TPSA) is 58.2 Å². The highest BCUT2D eigenvalue weighted by atomic mass is 35.5. The number of rotatable bonds is 5. The van der Waals surface area contributed by atoms with Crippen molar-refractivity contribution in [2.45, 2.75) is 26.8 Å². The normalized spacial score (nSPS) is 11.9. The molecule has 0 heterocycles. The first-order chi connectivity index (χ1) is 11.8. The Labute approximate surface area is 157 Å². The van der Waals surface area contributed by atoms with Crippen molar-refractivity contribution in [3.05, 3.63) is 63.6 Å². The van der Waals surface area contributed by atoms with Crippen molar-refractivity contribution in [2.75, 3.05) is 5.32 Å². The number of carbonyl (C=O) groups is 2. The zero-order valence-electron chi connectivity index (χ0n) is 14.3. The van der Waals surface area contributed by atoms with Gasteiger partial charge in [0.2, 0.25) is 5.91 Å². The second-order valence-corrected chi connectivity index (χ2v) is 6.97. The summed E-state index contributed by atoms with van der Waals surface area (Å²) in [6.07, 6.45) is 0. The zero-order valence-corrected chi connectivity index (χ0v) is 15.8. The number of aryl methyl sites for hydroxylation is 1. The van der Waals surface area contributed by atoms with Gasteiger partial charge >= 0.3 is 0 Å². The zero-order chi connectivity index (χ0) is 18.6. The molecule has 0 unspecified atom stereocenters. The first kappa shape index (κ1) is 19.3. The first-order valence-corrected chi connectivity index (χ1v) is 8.67. The molecule has 0 bridgehead atoms. The number of hydrogen-bond acceptors (Lipinski definition) is 2. The summed E-state index contributed by atoms with van der Waals surface area (Å²) in [7, 11) is 0. The lowest BCUT2D eigenvalue weighted by atomic mass is 10.0. The van der Waals surface area contributed by atoms with Crippen LogP contribution >= 0.6 is 23.2 Å². The van der Waals surface area contributed by atoms with E-state index in [1.165, 1.54) is 0 Å². The highest BCUT2D eigenvalue weighted by Gasteiger charge is 2.25. The van der Waals surface area contributed by atoms with Gasteiger partial charge in [-0.05, 0) is 42.7 Å². The van der Waals surface area contributed by atoms with E-state index in [1.54, 1.807) is 36.4 Å². The Morgan fingerprint density at radius 1 is 1.04 bits per heavy atom. The van der Waals surface area contributed by atoms with E-state index in [9.17, 15) is 9.59 Å². The fraction of sp³-hybridized carbons (Fsp3) is 0.263. The number of carbonyl (C=O) groups excluding carboxylic acids is 2. The van der Waals surface area contributed by atoms with Crippen molar-refractivity contribution in [2.24, 2.45) is 5.92 Å². The molecule has 2 N–H and O–H groups in total. The fourth-order valence-corrected chi connectivity index (χ4v) is 2.73. The van der Waals surface area contributed by atoms with Crippen LogP contribution in [0.2, 0.25) is 10.0 Å². The molecule has 0 fully saturated rings. The number of amides is 2. The lowest BCUT2D eigenvalue weighted by molar-refractivity contribution is -0.118. The van der Waals surface area contributed by atoms with Gasteiger partial charge in [-0.25, -0.2) is 0 Å². The molecular formula is C19H20Cl2N2O2. The van der Waals surface area contributed by atoms with Crippen LogP contribution in [-0.2, 0) is 4.79 Å². The molecule has 2 aromatic rings. The minimum Gasteiger partial charge on any atom is -0.340 e. The van der Waals surface area contributed by atoms with Crippen molar-refractivity contribution >= 4 is 40.7 Å². The predicted octanol–water partition coefficient (Wildman–Crippen LogP) is 4.69. The van der Waals surface area contributed by atoms with Crippen molar-refractivity contribution in [1.82, 2.24) is 5.32 Å². The molecule has 4 nitrogen and oxygen atoms in total. The Hall–Kier alpha value is -2.04. The maximum Gasteiger partial charge on any atom is 0.253 e. The Bertz CT molecular complexity index is 791. The van der Waals surface area contributed by atoms with Crippen LogP contribution in [0.5, 0.6) is 0 Å². The minimum absolute atomic E-state index is 0.106. The maximum atomic E-state index is 12.7. The van der Waals surface area contributed by atoms with Crippen LogP contribution < -0.4 is 10.6 Å². The standard InChI is InChI=1S/C19H20Cl2N2O2/c1-11(2)17(23-18(24)14-6-4-5-7-15(14)21)19(25)22-16-10-13(20)9-8-12(16)3/h4-11,17H,1-3H3,(H,22,25)(H,23,24)/t17-/m0/s1. The van der Waals surface area contributed by atoms with E-state index in [1.807, 2.05) is 26.8 Å². The van der Waals surface area contributed by atoms with Crippen molar-refractivity contribution in [3.63, 3.8) is 0 Å². The molecule has 0 saturated heterocycles. The number of benzene rings is 2. The lowest BCUT2D eigenvalue weighted by Crippen LogP contribution is -2.47. The van der Waals surface area contributed by atoms with Gasteiger partial charge in [0.15, 0.2) is 0 Å². The Morgan fingerprint density at radius 2 is 1.72 bits per heavy atom. The quantitative estimate of drug-likeness (QED) is 0.792. The average Bonchev–Trinajstić information content (AvgIpc) is 2.55. The summed E-state index contributed by atoms with van der Waals surface area (Å²) in [5.74, 6) is -0.797. The largest absolute Gasteiger partial charge is 0.340 e. The van der Waals surface area contributed by atoms with E-state index >= 15 is 0 Å². The maximum absolute atomic E-state index is 12.7. The van der Waals surface area contributed by atoms with Crippen molar-refractivity contribution < 1.29 is 9.59 Å². The smallest absolute Gasteiger partial charge is 0.253 e. The Balaban J connectivity index is 2.17. The third-order valence-corrected chi connectivity index (χ3v) is 4.38. The van der Waals surface area contributed by atoms with Gasteiger partial charge in [-0.2, -0.15) is 0 Å². The fourth-order valence-electron chi connectivity index (χ4n) is 2.34. The van der Waals surface area contributed by atoms with Gasteiger partial charge in [0.25, 0.3) is 5.91 Å². The average molecular weight is 379 g/mol. The summed E-state index contributed by atoms with van der Waals surface area (Å²) in [4.78, 5) is 25.1. The molecule has 0 radical (unpaired) electrons. The van der Waals surface area contributed by atoms with Gasteiger partial charge in [-0.15, -0.1) is 0 Å².